The van der Waals surface area contributed by atoms with Crippen LogP contribution in [0.2, 0.25) is 10.0 Å². The van der Waals surface area contributed by atoms with E-state index in [4.69, 9.17) is 28.3 Å². The summed E-state index contributed by atoms with van der Waals surface area (Å²) >= 11 is 11.4. The van der Waals surface area contributed by atoms with Gasteiger partial charge in [-0.25, -0.2) is 8.42 Å². The van der Waals surface area contributed by atoms with Crippen LogP contribution in [0.15, 0.2) is 23.1 Å². The number of benzene rings is 1. The Balaban J connectivity index is 3.13. The summed E-state index contributed by atoms with van der Waals surface area (Å²) in [6.45, 7) is -0.622. The maximum Gasteiger partial charge on any atom is 0.318 e. The van der Waals surface area contributed by atoms with Crippen LogP contribution >= 0.6 is 23.2 Å². The highest BCUT2D eigenvalue weighted by atomic mass is 35.5. The molecule has 1 rings (SSSR count). The summed E-state index contributed by atoms with van der Waals surface area (Å²) in [7, 11) is -2.69. The third kappa shape index (κ3) is 3.32. The van der Waals surface area contributed by atoms with Gasteiger partial charge in [0.25, 0.3) is 0 Å². The molecule has 0 atom stereocenters. The normalized spacial score (nSPS) is 11.8. The first-order valence-corrected chi connectivity index (χ1v) is 6.58. The molecule has 1 aromatic carbocycles. The van der Waals surface area contributed by atoms with Crippen molar-refractivity contribution in [1.82, 2.24) is 4.31 Å². The summed E-state index contributed by atoms with van der Waals surface area (Å²) in [5.41, 5.74) is 0. The minimum Gasteiger partial charge on any atom is -0.480 e. The highest BCUT2D eigenvalue weighted by Crippen LogP contribution is 2.25. The summed E-state index contributed by atoms with van der Waals surface area (Å²) in [5, 5.41) is 8.86. The molecule has 0 radical (unpaired) electrons. The van der Waals surface area contributed by atoms with Crippen LogP contribution in [0.25, 0.3) is 0 Å². The fourth-order valence-electron chi connectivity index (χ4n) is 1.09. The van der Waals surface area contributed by atoms with E-state index >= 15 is 0 Å². The number of hydrogen-bond acceptors (Lipinski definition) is 3. The number of nitrogens with zero attached hydrogens (tertiary/aromatic N) is 1. The lowest BCUT2D eigenvalue weighted by Crippen LogP contribution is -2.32. The Morgan fingerprint density at radius 2 is 1.94 bits per heavy atom. The van der Waals surface area contributed by atoms with Crippen LogP contribution in [-0.4, -0.2) is 37.4 Å². The lowest BCUT2D eigenvalue weighted by molar-refractivity contribution is -0.137. The summed E-state index contributed by atoms with van der Waals surface area (Å²) in [4.78, 5) is 10.4. The topological polar surface area (TPSA) is 74.7 Å². The highest BCUT2D eigenvalue weighted by molar-refractivity contribution is 7.89. The molecule has 5 nitrogen and oxygen atoms in total. The van der Waals surface area contributed by atoms with Gasteiger partial charge in [-0.05, 0) is 18.2 Å². The van der Waals surface area contributed by atoms with Gasteiger partial charge in [0, 0.05) is 7.05 Å². The standard InChI is InChI=1S/C9H9Cl2NO4S/c1-12(5-9(13)14)17(15,16)6-2-3-7(10)8(11)4-6/h2-4H,5H2,1H3,(H,13,14). The maximum atomic E-state index is 11.9. The van der Waals surface area contributed by atoms with E-state index in [2.05, 4.69) is 0 Å². The number of halogens is 2. The monoisotopic (exact) mass is 297 g/mol. The van der Waals surface area contributed by atoms with Crippen molar-refractivity contribution >= 4 is 39.2 Å². The predicted octanol–water partition coefficient (Wildman–Crippen LogP) is 1.70. The summed E-state index contributed by atoms with van der Waals surface area (Å²) in [6.07, 6.45) is 0. The Kier molecular flexibility index (Phi) is 4.37. The fourth-order valence-corrected chi connectivity index (χ4v) is 2.60. The molecule has 0 spiro atoms. The summed E-state index contributed by atoms with van der Waals surface area (Å²) in [6, 6.07) is 3.78. The average Bonchev–Trinajstić information content (AvgIpc) is 2.20. The van der Waals surface area contributed by atoms with E-state index in [1.165, 1.54) is 25.2 Å². The number of carboxylic acid groups (broad SMARTS) is 1. The molecule has 94 valence electrons. The van der Waals surface area contributed by atoms with Gasteiger partial charge in [-0.3, -0.25) is 4.79 Å². The Morgan fingerprint density at radius 1 is 1.35 bits per heavy atom. The van der Waals surface area contributed by atoms with E-state index in [9.17, 15) is 13.2 Å². The van der Waals surface area contributed by atoms with Gasteiger partial charge in [0.05, 0.1) is 14.9 Å². The Morgan fingerprint density at radius 3 is 2.41 bits per heavy atom. The first-order valence-electron chi connectivity index (χ1n) is 4.38. The van der Waals surface area contributed by atoms with Gasteiger partial charge in [0.15, 0.2) is 0 Å². The molecule has 1 N–H and O–H groups in total. The second-order valence-corrected chi connectivity index (χ2v) is 6.09. The second-order valence-electron chi connectivity index (χ2n) is 3.23. The quantitative estimate of drug-likeness (QED) is 0.918. The number of aliphatic carboxylic acids is 1. The third-order valence-corrected chi connectivity index (χ3v) is 4.50. The minimum atomic E-state index is -3.86. The molecule has 8 heteroatoms. The molecule has 0 fully saturated rings. The van der Waals surface area contributed by atoms with Crippen LogP contribution in [0.5, 0.6) is 0 Å². The predicted molar refractivity (Wildman–Crippen MR) is 63.9 cm³/mol. The average molecular weight is 298 g/mol. The Labute approximate surface area is 109 Å². The molecule has 1 aromatic rings. The molecule has 0 bridgehead atoms. The van der Waals surface area contributed by atoms with E-state index in [0.29, 0.717) is 0 Å². The number of carbonyl (C=O) groups is 1. The van der Waals surface area contributed by atoms with E-state index in [0.717, 1.165) is 4.31 Å². The molecular formula is C9H9Cl2NO4S. The van der Waals surface area contributed by atoms with Gasteiger partial charge < -0.3 is 5.11 Å². The smallest absolute Gasteiger partial charge is 0.318 e. The van der Waals surface area contributed by atoms with Crippen molar-refractivity contribution < 1.29 is 18.3 Å². The molecular weight excluding hydrogens is 289 g/mol. The summed E-state index contributed by atoms with van der Waals surface area (Å²) in [5.74, 6) is -1.24. The zero-order chi connectivity index (χ0) is 13.2. The van der Waals surface area contributed by atoms with Crippen LogP contribution in [0.1, 0.15) is 0 Å². The highest BCUT2D eigenvalue weighted by Gasteiger charge is 2.23. The third-order valence-electron chi connectivity index (χ3n) is 1.96. The van der Waals surface area contributed by atoms with Crippen molar-refractivity contribution in [1.29, 1.82) is 0 Å². The van der Waals surface area contributed by atoms with Crippen LogP contribution in [0, 0.1) is 0 Å². The van der Waals surface area contributed by atoms with Gasteiger partial charge in [0.1, 0.15) is 6.54 Å². The Bertz CT molecular complexity index is 544. The van der Waals surface area contributed by atoms with Crippen LogP contribution < -0.4 is 0 Å². The van der Waals surface area contributed by atoms with Crippen LogP contribution in [0.3, 0.4) is 0 Å². The number of hydrogen-bond donors (Lipinski definition) is 1. The zero-order valence-corrected chi connectivity index (χ0v) is 11.1. The van der Waals surface area contributed by atoms with E-state index in [1.54, 1.807) is 0 Å². The fraction of sp³-hybridized carbons (Fsp3) is 0.222. The molecule has 0 aliphatic rings. The molecule has 17 heavy (non-hydrogen) atoms. The van der Waals surface area contributed by atoms with Crippen molar-refractivity contribution in [2.75, 3.05) is 13.6 Å². The largest absolute Gasteiger partial charge is 0.480 e. The molecule has 0 aromatic heterocycles. The van der Waals surface area contributed by atoms with Gasteiger partial charge in [-0.2, -0.15) is 4.31 Å². The first kappa shape index (κ1) is 14.2. The number of carboxylic acids is 1. The molecule has 0 saturated heterocycles. The van der Waals surface area contributed by atoms with Gasteiger partial charge in [-0.15, -0.1) is 0 Å². The lowest BCUT2D eigenvalue weighted by Gasteiger charge is -2.15. The molecule has 0 heterocycles. The molecule has 0 aliphatic heterocycles. The van der Waals surface area contributed by atoms with Crippen molar-refractivity contribution in [2.24, 2.45) is 0 Å². The maximum absolute atomic E-state index is 11.9. The first-order chi connectivity index (χ1) is 7.75. The minimum absolute atomic E-state index is 0.0940. The van der Waals surface area contributed by atoms with Crippen LogP contribution in [-0.2, 0) is 14.8 Å². The molecule has 0 aliphatic carbocycles. The number of sulfonamides is 1. The number of likely N-dealkylation sites (N-methyl/N-ethyl adjacent to an activating group) is 1. The van der Waals surface area contributed by atoms with Crippen molar-refractivity contribution in [3.63, 3.8) is 0 Å². The second kappa shape index (κ2) is 5.22. The van der Waals surface area contributed by atoms with Crippen molar-refractivity contribution in [3.05, 3.63) is 28.2 Å². The molecule has 0 amide bonds. The van der Waals surface area contributed by atoms with Crippen molar-refractivity contribution in [2.45, 2.75) is 4.90 Å². The van der Waals surface area contributed by atoms with Gasteiger partial charge in [-0.1, -0.05) is 23.2 Å². The van der Waals surface area contributed by atoms with E-state index in [-0.39, 0.29) is 14.9 Å². The summed E-state index contributed by atoms with van der Waals surface area (Å²) < 4.78 is 24.5. The van der Waals surface area contributed by atoms with Crippen LogP contribution in [0.4, 0.5) is 0 Å². The zero-order valence-electron chi connectivity index (χ0n) is 8.72. The molecule has 0 saturated carbocycles. The SMILES string of the molecule is CN(CC(=O)O)S(=O)(=O)c1ccc(Cl)c(Cl)c1. The lowest BCUT2D eigenvalue weighted by atomic mass is 10.4. The van der Waals surface area contributed by atoms with Crippen molar-refractivity contribution in [3.8, 4) is 0 Å². The van der Waals surface area contributed by atoms with Gasteiger partial charge >= 0.3 is 5.97 Å². The van der Waals surface area contributed by atoms with E-state index in [1.807, 2.05) is 0 Å². The number of rotatable bonds is 4. The molecule has 0 unspecified atom stereocenters. The van der Waals surface area contributed by atoms with E-state index < -0.39 is 22.5 Å². The Hall–Kier alpha value is -0.820. The van der Waals surface area contributed by atoms with Gasteiger partial charge in [0.2, 0.25) is 10.0 Å².